The fourth-order valence-corrected chi connectivity index (χ4v) is 6.62. The summed E-state index contributed by atoms with van der Waals surface area (Å²) >= 11 is 1.84. The predicted octanol–water partition coefficient (Wildman–Crippen LogP) is 9.02. The Morgan fingerprint density at radius 1 is 0.842 bits per heavy atom. The summed E-state index contributed by atoms with van der Waals surface area (Å²) in [5, 5.41) is 0. The van der Waals surface area contributed by atoms with Crippen molar-refractivity contribution in [3.8, 4) is 10.4 Å². The first-order chi connectivity index (χ1) is 17.4. The quantitative estimate of drug-likeness (QED) is 0.167. The van der Waals surface area contributed by atoms with Crippen LogP contribution in [0.3, 0.4) is 0 Å². The lowest BCUT2D eigenvalue weighted by molar-refractivity contribution is -0.205. The molecule has 0 radical (unpaired) electrons. The Kier molecular flexibility index (Phi) is 6.80. The van der Waals surface area contributed by atoms with E-state index in [0.29, 0.717) is 21.1 Å². The van der Waals surface area contributed by atoms with E-state index in [1.807, 2.05) is 0 Å². The Morgan fingerprint density at radius 2 is 1.39 bits per heavy atom. The van der Waals surface area contributed by atoms with Crippen molar-refractivity contribution in [3.05, 3.63) is 68.2 Å². The summed E-state index contributed by atoms with van der Waals surface area (Å²) in [6.07, 6.45) is -6.74. The van der Waals surface area contributed by atoms with E-state index < -0.39 is 51.9 Å². The zero-order chi connectivity index (χ0) is 28.4. The van der Waals surface area contributed by atoms with Gasteiger partial charge in [0.15, 0.2) is 5.78 Å². The van der Waals surface area contributed by atoms with E-state index in [9.17, 15) is 22.8 Å². The van der Waals surface area contributed by atoms with Crippen LogP contribution in [0, 0.1) is 19.3 Å². The molecule has 11 heteroatoms. The predicted molar refractivity (Wildman–Crippen MR) is 134 cm³/mol. The highest BCUT2D eigenvalue weighted by Gasteiger charge is 2.74. The molecular formula is C27H21F7O2S2. The maximum Gasteiger partial charge on any atom is 0.450 e. The summed E-state index contributed by atoms with van der Waals surface area (Å²) in [5.74, 6) is -12.7. The highest BCUT2D eigenvalue weighted by atomic mass is 32.1. The maximum atomic E-state index is 15.6. The van der Waals surface area contributed by atoms with Crippen molar-refractivity contribution in [1.29, 1.82) is 0 Å². The average Bonchev–Trinajstić information content (AvgIpc) is 3.41. The van der Waals surface area contributed by atoms with Crippen LogP contribution in [0.5, 0.6) is 0 Å². The molecule has 0 saturated carbocycles. The molecule has 202 valence electrons. The van der Waals surface area contributed by atoms with E-state index >= 15 is 17.6 Å². The molecule has 0 fully saturated rings. The second kappa shape index (κ2) is 9.15. The number of ketones is 2. The van der Waals surface area contributed by atoms with Crippen LogP contribution in [-0.4, -0.2) is 29.6 Å². The lowest BCUT2D eigenvalue weighted by Gasteiger charge is -2.32. The van der Waals surface area contributed by atoms with Gasteiger partial charge >= 0.3 is 18.0 Å². The van der Waals surface area contributed by atoms with Crippen molar-refractivity contribution in [3.63, 3.8) is 0 Å². The molecule has 38 heavy (non-hydrogen) atoms. The van der Waals surface area contributed by atoms with Crippen LogP contribution < -0.4 is 0 Å². The normalized spacial score (nSPS) is 18.2. The standard InChI is InChI=1S/C27H21F7O2S2/c1-13-16(10-19(37-13)15-8-6-5-7-9-15)22-23(25(28,29)27(33,34)24(22,3)4)17-11-20(38-14(17)2)18(35)12-21(36)26(30,31)32/h5-11H,12H2,1-4H3. The molecule has 2 nitrogen and oxygen atoms in total. The molecule has 0 N–H and O–H groups in total. The minimum absolute atomic E-state index is 0.0460. The minimum Gasteiger partial charge on any atom is -0.293 e. The van der Waals surface area contributed by atoms with E-state index in [0.717, 1.165) is 25.5 Å². The molecule has 2 heterocycles. The van der Waals surface area contributed by atoms with Gasteiger partial charge in [-0.25, -0.2) is 0 Å². The van der Waals surface area contributed by atoms with Crippen LogP contribution in [0.15, 0.2) is 42.5 Å². The largest absolute Gasteiger partial charge is 0.450 e. The number of hydrogen-bond donors (Lipinski definition) is 0. The number of carbonyl (C=O) groups excluding carboxylic acids is 2. The first-order valence-corrected chi connectivity index (χ1v) is 13.0. The van der Waals surface area contributed by atoms with Crippen molar-refractivity contribution < 1.29 is 40.3 Å². The number of allylic oxidation sites excluding steroid dienone is 2. The van der Waals surface area contributed by atoms with Gasteiger partial charge in [0.05, 0.1) is 16.7 Å². The molecule has 0 spiro atoms. The monoisotopic (exact) mass is 574 g/mol. The molecule has 2 aromatic heterocycles. The molecule has 0 aliphatic heterocycles. The number of carbonyl (C=O) groups is 2. The maximum absolute atomic E-state index is 15.6. The summed E-state index contributed by atoms with van der Waals surface area (Å²) in [7, 11) is 0. The SMILES string of the molecule is Cc1sc(-c2ccccc2)cc1C1=C(c2cc(C(=O)CC(=O)C(F)(F)F)sc2C)C(F)(F)C(F)(F)C1(C)C. The third-order valence-electron chi connectivity index (χ3n) is 6.71. The highest BCUT2D eigenvalue weighted by Crippen LogP contribution is 2.67. The number of thiophene rings is 2. The second-order valence-electron chi connectivity index (χ2n) is 9.57. The molecule has 0 saturated heterocycles. The van der Waals surface area contributed by atoms with Gasteiger partial charge < -0.3 is 0 Å². The van der Waals surface area contributed by atoms with E-state index in [4.69, 9.17) is 0 Å². The first kappa shape index (κ1) is 28.2. The van der Waals surface area contributed by atoms with Crippen LogP contribution in [-0.2, 0) is 4.79 Å². The molecule has 4 rings (SSSR count). The van der Waals surface area contributed by atoms with E-state index in [1.54, 1.807) is 43.3 Å². The summed E-state index contributed by atoms with van der Waals surface area (Å²) < 4.78 is 100. The molecule has 0 bridgehead atoms. The van der Waals surface area contributed by atoms with Gasteiger partial charge in [0, 0.05) is 20.2 Å². The van der Waals surface area contributed by atoms with Crippen molar-refractivity contribution in [2.75, 3.05) is 0 Å². The molecule has 1 aliphatic rings. The first-order valence-electron chi connectivity index (χ1n) is 11.3. The smallest absolute Gasteiger partial charge is 0.293 e. The minimum atomic E-state index is -5.24. The molecule has 0 unspecified atom stereocenters. The molecule has 3 aromatic rings. The highest BCUT2D eigenvalue weighted by molar-refractivity contribution is 7.15. The van der Waals surface area contributed by atoms with Gasteiger partial charge in [-0.05, 0) is 62.1 Å². The fraction of sp³-hybridized carbons (Fsp3) is 0.333. The Hall–Kier alpha value is -2.79. The second-order valence-corrected chi connectivity index (χ2v) is 12.1. The van der Waals surface area contributed by atoms with E-state index in [2.05, 4.69) is 0 Å². The number of rotatable bonds is 6. The van der Waals surface area contributed by atoms with Crippen LogP contribution in [0.1, 0.15) is 50.8 Å². The number of alkyl halides is 7. The lowest BCUT2D eigenvalue weighted by atomic mass is 9.78. The third-order valence-corrected chi connectivity index (χ3v) is 8.90. The van der Waals surface area contributed by atoms with Gasteiger partial charge in [0.25, 0.3) is 0 Å². The zero-order valence-corrected chi connectivity index (χ0v) is 22.2. The Morgan fingerprint density at radius 3 is 1.97 bits per heavy atom. The van der Waals surface area contributed by atoms with Crippen molar-refractivity contribution in [2.45, 2.75) is 52.1 Å². The average molecular weight is 575 g/mol. The van der Waals surface area contributed by atoms with E-state index in [1.165, 1.54) is 18.3 Å². The summed E-state index contributed by atoms with van der Waals surface area (Å²) in [6.45, 7) is 5.01. The Balaban J connectivity index is 1.92. The number of aryl methyl sites for hydroxylation is 2. The van der Waals surface area contributed by atoms with Crippen LogP contribution >= 0.6 is 22.7 Å². The summed E-state index contributed by atoms with van der Waals surface area (Å²) in [4.78, 5) is 24.6. The Bertz CT molecular complexity index is 1460. The topological polar surface area (TPSA) is 34.1 Å². The van der Waals surface area contributed by atoms with Crippen molar-refractivity contribution in [2.24, 2.45) is 5.41 Å². The van der Waals surface area contributed by atoms with Gasteiger partial charge in [-0.1, -0.05) is 30.3 Å². The number of Topliss-reactive ketones (excluding diaryl/α,β-unsaturated/α-hetero) is 2. The Labute approximate surface area is 221 Å². The molecule has 0 amide bonds. The van der Waals surface area contributed by atoms with Crippen molar-refractivity contribution in [1.82, 2.24) is 0 Å². The van der Waals surface area contributed by atoms with Gasteiger partial charge in [-0.3, -0.25) is 9.59 Å². The summed E-state index contributed by atoms with van der Waals surface area (Å²) in [6, 6.07) is 11.5. The molecule has 1 aliphatic carbocycles. The molecule has 0 atom stereocenters. The van der Waals surface area contributed by atoms with Crippen LogP contribution in [0.4, 0.5) is 30.7 Å². The van der Waals surface area contributed by atoms with Gasteiger partial charge in [0.1, 0.15) is 0 Å². The molecular weight excluding hydrogens is 553 g/mol. The molecule has 1 aromatic carbocycles. The van der Waals surface area contributed by atoms with Gasteiger partial charge in [-0.15, -0.1) is 22.7 Å². The van der Waals surface area contributed by atoms with Crippen LogP contribution in [0.25, 0.3) is 21.6 Å². The summed E-state index contributed by atoms with van der Waals surface area (Å²) in [5.41, 5.74) is -2.97. The fourth-order valence-electron chi connectivity index (χ4n) is 4.63. The zero-order valence-electron chi connectivity index (χ0n) is 20.5. The lowest BCUT2D eigenvalue weighted by Crippen LogP contribution is -2.46. The van der Waals surface area contributed by atoms with E-state index in [-0.39, 0.29) is 21.6 Å². The van der Waals surface area contributed by atoms with Crippen LogP contribution in [0.2, 0.25) is 0 Å². The van der Waals surface area contributed by atoms with Gasteiger partial charge in [-0.2, -0.15) is 30.7 Å². The third kappa shape index (κ3) is 4.33. The number of halogens is 7. The van der Waals surface area contributed by atoms with Gasteiger partial charge in [0.2, 0.25) is 5.78 Å². The number of hydrogen-bond acceptors (Lipinski definition) is 4. The number of benzene rings is 1. The van der Waals surface area contributed by atoms with Crippen molar-refractivity contribution >= 4 is 45.4 Å².